The smallest absolute Gasteiger partial charge is 0.164 e. The van der Waals surface area contributed by atoms with Crippen LogP contribution in [-0.4, -0.2) is 15.0 Å². The van der Waals surface area contributed by atoms with Crippen LogP contribution in [0.4, 0.5) is 0 Å². The highest BCUT2D eigenvalue weighted by atomic mass is 15.0. The molecule has 0 amide bonds. The van der Waals surface area contributed by atoms with E-state index < -0.39 is 0 Å². The lowest BCUT2D eigenvalue weighted by molar-refractivity contribution is -0.0399. The van der Waals surface area contributed by atoms with Crippen molar-refractivity contribution in [2.45, 2.75) is 37.5 Å². The van der Waals surface area contributed by atoms with E-state index in [-0.39, 0.29) is 5.41 Å². The predicted molar refractivity (Wildman–Crippen MR) is 245 cm³/mol. The fourth-order valence-electron chi connectivity index (χ4n) is 12.6. The van der Waals surface area contributed by atoms with E-state index in [1.165, 1.54) is 70.7 Å². The Morgan fingerprint density at radius 2 is 0.883 bits per heavy atom. The maximum Gasteiger partial charge on any atom is 0.164 e. The number of benzene rings is 8. The molecular formula is C57H43N3. The van der Waals surface area contributed by atoms with Crippen LogP contribution in [-0.2, 0) is 5.41 Å². The van der Waals surface area contributed by atoms with Crippen molar-refractivity contribution in [2.75, 3.05) is 0 Å². The molecule has 286 valence electrons. The van der Waals surface area contributed by atoms with E-state index in [4.69, 9.17) is 15.0 Å². The number of hydrogen-bond donors (Lipinski definition) is 0. The fraction of sp³-hybridized carbons (Fsp3) is 0.175. The van der Waals surface area contributed by atoms with Crippen molar-refractivity contribution >= 4 is 21.5 Å². The number of nitrogens with zero attached hydrogens (tertiary/aromatic N) is 3. The third kappa shape index (κ3) is 5.11. The summed E-state index contributed by atoms with van der Waals surface area (Å²) in [6.07, 6.45) is 6.99. The minimum absolute atomic E-state index is 0.126. The Labute approximate surface area is 350 Å². The summed E-state index contributed by atoms with van der Waals surface area (Å²) in [6.45, 7) is 0. The van der Waals surface area contributed by atoms with Crippen molar-refractivity contribution in [3.05, 3.63) is 187 Å². The molecule has 5 aliphatic rings. The molecule has 0 atom stereocenters. The zero-order chi connectivity index (χ0) is 39.4. The van der Waals surface area contributed by atoms with Gasteiger partial charge in [0.25, 0.3) is 0 Å². The van der Waals surface area contributed by atoms with Crippen LogP contribution in [0.2, 0.25) is 0 Å². The van der Waals surface area contributed by atoms with Crippen molar-refractivity contribution in [3.8, 4) is 67.5 Å². The molecule has 0 N–H and O–H groups in total. The summed E-state index contributed by atoms with van der Waals surface area (Å²) in [4.78, 5) is 15.6. The first-order chi connectivity index (χ1) is 29.7. The summed E-state index contributed by atoms with van der Waals surface area (Å²) in [5.41, 5.74) is 13.9. The average Bonchev–Trinajstić information content (AvgIpc) is 3.61. The van der Waals surface area contributed by atoms with E-state index in [1.54, 1.807) is 11.1 Å². The van der Waals surface area contributed by atoms with Crippen LogP contribution < -0.4 is 0 Å². The zero-order valence-electron chi connectivity index (χ0n) is 33.4. The Balaban J connectivity index is 0.953. The maximum atomic E-state index is 5.25. The molecule has 1 heterocycles. The second-order valence-electron chi connectivity index (χ2n) is 18.0. The Kier molecular flexibility index (Phi) is 7.49. The lowest BCUT2D eigenvalue weighted by Gasteiger charge is -2.61. The molecule has 0 radical (unpaired) electrons. The van der Waals surface area contributed by atoms with Gasteiger partial charge in [0.1, 0.15) is 0 Å². The van der Waals surface area contributed by atoms with Crippen LogP contribution in [0.15, 0.2) is 176 Å². The zero-order valence-corrected chi connectivity index (χ0v) is 33.4. The van der Waals surface area contributed by atoms with Crippen molar-refractivity contribution in [1.29, 1.82) is 0 Å². The van der Waals surface area contributed by atoms with Crippen LogP contribution in [0.25, 0.3) is 89.1 Å². The molecular weight excluding hydrogens is 727 g/mol. The molecule has 60 heavy (non-hydrogen) atoms. The highest BCUT2D eigenvalue weighted by Crippen LogP contribution is 2.70. The van der Waals surface area contributed by atoms with E-state index in [0.29, 0.717) is 17.5 Å². The van der Waals surface area contributed by atoms with Crippen LogP contribution in [0, 0.1) is 23.7 Å². The van der Waals surface area contributed by atoms with Gasteiger partial charge in [-0.1, -0.05) is 164 Å². The summed E-state index contributed by atoms with van der Waals surface area (Å²) in [6, 6.07) is 64.2. The third-order valence-corrected chi connectivity index (χ3v) is 14.9. The molecule has 1 spiro atoms. The quantitative estimate of drug-likeness (QED) is 0.175. The molecule has 4 bridgehead atoms. The van der Waals surface area contributed by atoms with E-state index >= 15 is 0 Å². The highest BCUT2D eigenvalue weighted by Gasteiger charge is 2.61. The van der Waals surface area contributed by atoms with Gasteiger partial charge in [-0.25, -0.2) is 15.0 Å². The first-order valence-electron chi connectivity index (χ1n) is 21.9. The van der Waals surface area contributed by atoms with E-state index in [1.807, 2.05) is 0 Å². The first kappa shape index (κ1) is 34.2. The molecule has 8 aromatic carbocycles. The Morgan fingerprint density at radius 1 is 0.350 bits per heavy atom. The molecule has 0 saturated heterocycles. The van der Waals surface area contributed by atoms with Gasteiger partial charge < -0.3 is 0 Å². The Morgan fingerprint density at radius 3 is 1.67 bits per heavy atom. The van der Waals surface area contributed by atoms with Crippen LogP contribution in [0.3, 0.4) is 0 Å². The molecule has 0 unspecified atom stereocenters. The van der Waals surface area contributed by atoms with Gasteiger partial charge in [0.05, 0.1) is 0 Å². The SMILES string of the molecule is c1ccc(-c2ccc(-c3nc(-c4cccc(-c5ccc6c(c5)-c5c(ccc7ccccc57)C65C6CC7CC(C6)CC5C7)c4)nc(-c4cccc5ccccc45)n3)cc2)cc1. The summed E-state index contributed by atoms with van der Waals surface area (Å²) in [7, 11) is 0. The topological polar surface area (TPSA) is 38.7 Å². The van der Waals surface area contributed by atoms with Crippen molar-refractivity contribution < 1.29 is 0 Å². The van der Waals surface area contributed by atoms with Gasteiger partial charge in [0.2, 0.25) is 0 Å². The molecule has 5 aliphatic carbocycles. The van der Waals surface area contributed by atoms with Crippen LogP contribution >= 0.6 is 0 Å². The largest absolute Gasteiger partial charge is 0.208 e. The van der Waals surface area contributed by atoms with Gasteiger partial charge in [-0.3, -0.25) is 0 Å². The molecule has 4 saturated carbocycles. The number of fused-ring (bicyclic) bond motifs is 6. The number of aromatic nitrogens is 3. The van der Waals surface area contributed by atoms with Gasteiger partial charge in [0.15, 0.2) is 17.5 Å². The van der Waals surface area contributed by atoms with E-state index in [0.717, 1.165) is 56.7 Å². The number of hydrogen-bond acceptors (Lipinski definition) is 3. The summed E-state index contributed by atoms with van der Waals surface area (Å²) in [5.74, 6) is 5.29. The van der Waals surface area contributed by atoms with Gasteiger partial charge in [-0.2, -0.15) is 0 Å². The summed E-state index contributed by atoms with van der Waals surface area (Å²) in [5, 5.41) is 5.01. The third-order valence-electron chi connectivity index (χ3n) is 14.9. The molecule has 0 aliphatic heterocycles. The highest BCUT2D eigenvalue weighted by molar-refractivity contribution is 6.03. The minimum Gasteiger partial charge on any atom is -0.208 e. The molecule has 9 aromatic rings. The lowest BCUT2D eigenvalue weighted by atomic mass is 9.43. The van der Waals surface area contributed by atoms with Gasteiger partial charge in [-0.05, 0) is 134 Å². The van der Waals surface area contributed by atoms with Gasteiger partial charge in [0, 0.05) is 22.1 Å². The first-order valence-corrected chi connectivity index (χ1v) is 21.9. The normalized spacial score (nSPS) is 22.1. The molecule has 3 heteroatoms. The molecule has 14 rings (SSSR count). The maximum absolute atomic E-state index is 5.25. The minimum atomic E-state index is 0.126. The molecule has 3 nitrogen and oxygen atoms in total. The Bertz CT molecular complexity index is 3130. The standard InChI is InChI=1S/C57H43N3/c1-2-10-37(11-3-1)38-20-22-41(23-21-38)54-58-55(60-56(59-54)49-19-9-14-39-12-4-6-17-47(39)49)44-16-8-15-42(33-44)43-25-26-51-50(34-43)53-48-18-7-5-13-40(48)24-27-52(53)57(51)45-29-35-28-36(31-45)32-46(57)30-35/h1-27,33-36,45-46H,28-32H2. The fourth-order valence-corrected chi connectivity index (χ4v) is 12.6. The summed E-state index contributed by atoms with van der Waals surface area (Å²) < 4.78 is 0. The monoisotopic (exact) mass is 769 g/mol. The van der Waals surface area contributed by atoms with Crippen molar-refractivity contribution in [3.63, 3.8) is 0 Å². The molecule has 4 fully saturated rings. The number of rotatable bonds is 5. The van der Waals surface area contributed by atoms with Crippen LogP contribution in [0.1, 0.15) is 43.2 Å². The van der Waals surface area contributed by atoms with E-state index in [9.17, 15) is 0 Å². The van der Waals surface area contributed by atoms with Gasteiger partial charge >= 0.3 is 0 Å². The van der Waals surface area contributed by atoms with Crippen molar-refractivity contribution in [1.82, 2.24) is 15.0 Å². The summed E-state index contributed by atoms with van der Waals surface area (Å²) >= 11 is 0. The second kappa shape index (κ2) is 13.1. The van der Waals surface area contributed by atoms with Crippen LogP contribution in [0.5, 0.6) is 0 Å². The second-order valence-corrected chi connectivity index (χ2v) is 18.0. The van der Waals surface area contributed by atoms with Gasteiger partial charge in [-0.15, -0.1) is 0 Å². The van der Waals surface area contributed by atoms with E-state index in [2.05, 4.69) is 176 Å². The molecule has 1 aromatic heterocycles. The predicted octanol–water partition coefficient (Wildman–Crippen LogP) is 14.2. The Hall–Kier alpha value is -6.71. The van der Waals surface area contributed by atoms with Crippen molar-refractivity contribution in [2.24, 2.45) is 23.7 Å². The lowest BCUT2D eigenvalue weighted by Crippen LogP contribution is -2.55. The average molecular weight is 770 g/mol.